The summed E-state index contributed by atoms with van der Waals surface area (Å²) in [5.41, 5.74) is 5.20. The smallest absolute Gasteiger partial charge is 0.0732 e. The van der Waals surface area contributed by atoms with Crippen LogP contribution in [-0.2, 0) is 24.2 Å². The van der Waals surface area contributed by atoms with Gasteiger partial charge < -0.3 is 4.74 Å². The Morgan fingerprint density at radius 3 is 2.33 bits per heavy atom. The number of hydrogen-bond acceptors (Lipinski definition) is 1. The number of ether oxygens (including phenoxy) is 1. The molecule has 0 atom stereocenters. The maximum Gasteiger partial charge on any atom is 0.0732 e. The Hall–Kier alpha value is -1.38. The summed E-state index contributed by atoms with van der Waals surface area (Å²) in [7, 11) is 0. The normalized spacial score (nSPS) is 10.6. The summed E-state index contributed by atoms with van der Waals surface area (Å²) in [6.45, 7) is 7.02. The van der Waals surface area contributed by atoms with Crippen LogP contribution in [0.1, 0.15) is 29.2 Å². The lowest BCUT2D eigenvalue weighted by atomic mass is 10.0. The minimum atomic E-state index is 0.581. The standard InChI is InChI=1S/C19H21BrO/c1-3-11-21-14-18-10-9-17(13-19(18)20)12-16-7-5-15(4-2)6-8-16/h3,5-10,13H,1,4,11-12,14H2,2H3. The summed E-state index contributed by atoms with van der Waals surface area (Å²) >= 11 is 3.63. The largest absolute Gasteiger partial charge is 0.373 e. The molecule has 0 unspecified atom stereocenters. The molecule has 0 aliphatic heterocycles. The molecule has 0 fully saturated rings. The molecule has 21 heavy (non-hydrogen) atoms. The zero-order chi connectivity index (χ0) is 15.1. The van der Waals surface area contributed by atoms with E-state index in [0.717, 1.165) is 17.3 Å². The predicted molar refractivity (Wildman–Crippen MR) is 92.6 cm³/mol. The molecule has 0 saturated carbocycles. The highest BCUT2D eigenvalue weighted by Crippen LogP contribution is 2.21. The highest BCUT2D eigenvalue weighted by molar-refractivity contribution is 9.10. The first kappa shape index (κ1) is 16.0. The lowest BCUT2D eigenvalue weighted by molar-refractivity contribution is 0.148. The van der Waals surface area contributed by atoms with Crippen LogP contribution in [-0.4, -0.2) is 6.61 Å². The predicted octanol–water partition coefficient (Wildman–Crippen LogP) is 5.30. The highest BCUT2D eigenvalue weighted by atomic mass is 79.9. The maximum atomic E-state index is 5.49. The third-order valence-corrected chi connectivity index (χ3v) is 4.19. The molecule has 0 bridgehead atoms. The van der Waals surface area contributed by atoms with Gasteiger partial charge in [-0.25, -0.2) is 0 Å². The SMILES string of the molecule is C=CCOCc1ccc(Cc2ccc(CC)cc2)cc1Br. The van der Waals surface area contributed by atoms with Crippen molar-refractivity contribution in [2.24, 2.45) is 0 Å². The van der Waals surface area contributed by atoms with Crippen molar-refractivity contribution in [3.63, 3.8) is 0 Å². The summed E-state index contributed by atoms with van der Waals surface area (Å²) < 4.78 is 6.59. The summed E-state index contributed by atoms with van der Waals surface area (Å²) in [6, 6.07) is 15.3. The second-order valence-corrected chi connectivity index (χ2v) is 5.93. The van der Waals surface area contributed by atoms with Gasteiger partial charge in [-0.1, -0.05) is 65.3 Å². The zero-order valence-corrected chi connectivity index (χ0v) is 14.0. The molecule has 0 amide bonds. The molecule has 0 heterocycles. The van der Waals surface area contributed by atoms with Crippen LogP contribution in [0.25, 0.3) is 0 Å². The van der Waals surface area contributed by atoms with E-state index in [1.54, 1.807) is 6.08 Å². The van der Waals surface area contributed by atoms with Gasteiger partial charge in [0.05, 0.1) is 13.2 Å². The van der Waals surface area contributed by atoms with E-state index in [1.165, 1.54) is 22.3 Å². The Kier molecular flexibility index (Phi) is 6.21. The van der Waals surface area contributed by atoms with Gasteiger partial charge in [0, 0.05) is 4.47 Å². The highest BCUT2D eigenvalue weighted by Gasteiger charge is 2.03. The number of hydrogen-bond donors (Lipinski definition) is 0. The van der Waals surface area contributed by atoms with Gasteiger partial charge >= 0.3 is 0 Å². The third kappa shape index (κ3) is 4.83. The molecule has 0 N–H and O–H groups in total. The molecule has 0 spiro atoms. The molecule has 0 aliphatic rings. The molecule has 2 heteroatoms. The van der Waals surface area contributed by atoms with Gasteiger partial charge in [0.25, 0.3) is 0 Å². The van der Waals surface area contributed by atoms with E-state index in [4.69, 9.17) is 4.74 Å². The van der Waals surface area contributed by atoms with Crippen LogP contribution < -0.4 is 0 Å². The van der Waals surface area contributed by atoms with E-state index >= 15 is 0 Å². The van der Waals surface area contributed by atoms with Crippen LogP contribution in [0.5, 0.6) is 0 Å². The number of rotatable bonds is 7. The number of halogens is 1. The zero-order valence-electron chi connectivity index (χ0n) is 12.4. The second-order valence-electron chi connectivity index (χ2n) is 5.08. The van der Waals surface area contributed by atoms with Crippen LogP contribution in [0.15, 0.2) is 59.6 Å². The van der Waals surface area contributed by atoms with Crippen LogP contribution in [0, 0.1) is 0 Å². The Morgan fingerprint density at radius 2 is 1.71 bits per heavy atom. The molecule has 110 valence electrons. The van der Waals surface area contributed by atoms with Gasteiger partial charge in [-0.3, -0.25) is 0 Å². The Morgan fingerprint density at radius 1 is 1.05 bits per heavy atom. The van der Waals surface area contributed by atoms with Gasteiger partial charge in [-0.2, -0.15) is 0 Å². The average Bonchev–Trinajstić information content (AvgIpc) is 2.50. The topological polar surface area (TPSA) is 9.23 Å². The van der Waals surface area contributed by atoms with Gasteiger partial charge in [0.1, 0.15) is 0 Å². The molecule has 2 rings (SSSR count). The van der Waals surface area contributed by atoms with Crippen molar-refractivity contribution in [2.45, 2.75) is 26.4 Å². The molecule has 0 aromatic heterocycles. The van der Waals surface area contributed by atoms with Crippen molar-refractivity contribution < 1.29 is 4.74 Å². The van der Waals surface area contributed by atoms with Crippen LogP contribution in [0.4, 0.5) is 0 Å². The maximum absolute atomic E-state index is 5.49. The van der Waals surface area contributed by atoms with Gasteiger partial charge in [0.2, 0.25) is 0 Å². The lowest BCUT2D eigenvalue weighted by Crippen LogP contribution is -1.96. The van der Waals surface area contributed by atoms with Gasteiger partial charge in [0.15, 0.2) is 0 Å². The van der Waals surface area contributed by atoms with E-state index in [-0.39, 0.29) is 0 Å². The molecular formula is C19H21BrO. The monoisotopic (exact) mass is 344 g/mol. The fraction of sp³-hybridized carbons (Fsp3) is 0.263. The number of aryl methyl sites for hydroxylation is 1. The van der Waals surface area contributed by atoms with Crippen LogP contribution >= 0.6 is 15.9 Å². The molecule has 2 aromatic rings. The second kappa shape index (κ2) is 8.16. The van der Waals surface area contributed by atoms with Gasteiger partial charge in [-0.15, -0.1) is 6.58 Å². The fourth-order valence-electron chi connectivity index (χ4n) is 2.20. The summed E-state index contributed by atoms with van der Waals surface area (Å²) in [5.74, 6) is 0. The summed E-state index contributed by atoms with van der Waals surface area (Å²) in [4.78, 5) is 0. The van der Waals surface area contributed by atoms with Crippen molar-refractivity contribution in [3.8, 4) is 0 Å². The van der Waals surface area contributed by atoms with E-state index in [2.05, 4.69) is 71.9 Å². The first-order valence-electron chi connectivity index (χ1n) is 7.26. The van der Waals surface area contributed by atoms with E-state index in [9.17, 15) is 0 Å². The van der Waals surface area contributed by atoms with E-state index < -0.39 is 0 Å². The Bertz CT molecular complexity index is 587. The van der Waals surface area contributed by atoms with Gasteiger partial charge in [-0.05, 0) is 41.2 Å². The van der Waals surface area contributed by atoms with Crippen molar-refractivity contribution in [1.82, 2.24) is 0 Å². The fourth-order valence-corrected chi connectivity index (χ4v) is 2.74. The third-order valence-electron chi connectivity index (χ3n) is 3.45. The van der Waals surface area contributed by atoms with Crippen molar-refractivity contribution in [1.29, 1.82) is 0 Å². The molecule has 1 nitrogen and oxygen atoms in total. The first-order chi connectivity index (χ1) is 10.2. The first-order valence-corrected chi connectivity index (χ1v) is 8.06. The summed E-state index contributed by atoms with van der Waals surface area (Å²) in [6.07, 6.45) is 3.81. The lowest BCUT2D eigenvalue weighted by Gasteiger charge is -2.08. The quantitative estimate of drug-likeness (QED) is 0.488. The molecule has 2 aromatic carbocycles. The molecular weight excluding hydrogens is 324 g/mol. The van der Waals surface area contributed by atoms with Crippen molar-refractivity contribution >= 4 is 15.9 Å². The molecule has 0 radical (unpaired) electrons. The minimum absolute atomic E-state index is 0.581. The Balaban J connectivity index is 2.03. The van der Waals surface area contributed by atoms with Crippen molar-refractivity contribution in [2.75, 3.05) is 6.61 Å². The number of benzene rings is 2. The minimum Gasteiger partial charge on any atom is -0.373 e. The summed E-state index contributed by atoms with van der Waals surface area (Å²) in [5, 5.41) is 0. The molecule has 0 aliphatic carbocycles. The van der Waals surface area contributed by atoms with Crippen molar-refractivity contribution in [3.05, 3.63) is 81.8 Å². The Labute approximate surface area is 135 Å². The van der Waals surface area contributed by atoms with E-state index in [1.807, 2.05) is 0 Å². The van der Waals surface area contributed by atoms with Crippen LogP contribution in [0.2, 0.25) is 0 Å². The average molecular weight is 345 g/mol. The molecule has 0 saturated heterocycles. The van der Waals surface area contributed by atoms with E-state index in [0.29, 0.717) is 13.2 Å². The van der Waals surface area contributed by atoms with Crippen LogP contribution in [0.3, 0.4) is 0 Å².